The second kappa shape index (κ2) is 2.65. The molecule has 0 bridgehead atoms. The maximum absolute atomic E-state index is 10.8. The number of nitrogens with zero attached hydrogens (tertiary/aromatic N) is 2. The molecule has 0 aliphatic carbocycles. The average molecular weight is 168 g/mol. The minimum absolute atomic E-state index is 0.0185. The Morgan fingerprint density at radius 3 is 2.42 bits per heavy atom. The van der Waals surface area contributed by atoms with E-state index in [1.165, 1.54) is 6.92 Å². The number of carbonyl (C=O) groups excluding carboxylic acids is 2. The van der Waals surface area contributed by atoms with Crippen LogP contribution in [-0.2, 0) is 0 Å². The van der Waals surface area contributed by atoms with E-state index in [9.17, 15) is 9.59 Å². The highest BCUT2D eigenvalue weighted by Gasteiger charge is 2.13. The zero-order valence-electron chi connectivity index (χ0n) is 6.44. The first-order valence-electron chi connectivity index (χ1n) is 3.17. The molecule has 0 aliphatic rings. The van der Waals surface area contributed by atoms with Crippen molar-refractivity contribution in [2.24, 2.45) is 5.73 Å². The average Bonchev–Trinajstić information content (AvgIpc) is 2.30. The van der Waals surface area contributed by atoms with Crippen LogP contribution < -0.4 is 11.5 Å². The molecule has 0 atom stereocenters. The van der Waals surface area contributed by atoms with Gasteiger partial charge in [-0.3, -0.25) is 14.2 Å². The summed E-state index contributed by atoms with van der Waals surface area (Å²) in [5.74, 6) is -1.07. The standard InChI is InChI=1S/C6H8N4O2/c1-3(11)10-2-9-4(5(10)7)6(8)12/h2H,7H2,1H3,(H2,8,12). The molecule has 1 aromatic rings. The summed E-state index contributed by atoms with van der Waals surface area (Å²) in [5, 5.41) is 0. The number of aromatic nitrogens is 2. The van der Waals surface area contributed by atoms with Crippen LogP contribution in [-0.4, -0.2) is 21.4 Å². The summed E-state index contributed by atoms with van der Waals surface area (Å²) in [6.07, 6.45) is 1.16. The lowest BCUT2D eigenvalue weighted by Gasteiger charge is -1.97. The maximum atomic E-state index is 10.8. The summed E-state index contributed by atoms with van der Waals surface area (Å²) in [6, 6.07) is 0. The van der Waals surface area contributed by atoms with E-state index in [1.54, 1.807) is 0 Å². The fourth-order valence-electron chi connectivity index (χ4n) is 0.799. The smallest absolute Gasteiger partial charge is 0.271 e. The van der Waals surface area contributed by atoms with Gasteiger partial charge in [0, 0.05) is 6.92 Å². The number of nitrogens with two attached hydrogens (primary N) is 2. The normalized spacial score (nSPS) is 9.75. The van der Waals surface area contributed by atoms with Crippen LogP contribution in [0.5, 0.6) is 0 Å². The third-order valence-electron chi connectivity index (χ3n) is 1.38. The van der Waals surface area contributed by atoms with Crippen molar-refractivity contribution in [3.05, 3.63) is 12.0 Å². The van der Waals surface area contributed by atoms with E-state index in [1.807, 2.05) is 0 Å². The van der Waals surface area contributed by atoms with Gasteiger partial charge < -0.3 is 11.5 Å². The number of nitrogen functional groups attached to an aromatic ring is 1. The number of amides is 1. The Balaban J connectivity index is 3.22. The van der Waals surface area contributed by atoms with Gasteiger partial charge in [0.25, 0.3) is 5.91 Å². The minimum Gasteiger partial charge on any atom is -0.383 e. The van der Waals surface area contributed by atoms with Crippen molar-refractivity contribution in [2.75, 3.05) is 5.73 Å². The molecule has 0 saturated heterocycles. The van der Waals surface area contributed by atoms with Crippen molar-refractivity contribution in [2.45, 2.75) is 6.92 Å². The topological polar surface area (TPSA) is 104 Å². The SMILES string of the molecule is CC(=O)n1cnc(C(N)=O)c1N. The predicted octanol–water partition coefficient (Wildman–Crippen LogP) is -0.776. The molecule has 0 unspecified atom stereocenters. The van der Waals surface area contributed by atoms with Gasteiger partial charge in [0.1, 0.15) is 12.1 Å². The predicted molar refractivity (Wildman–Crippen MR) is 41.5 cm³/mol. The van der Waals surface area contributed by atoms with E-state index in [-0.39, 0.29) is 17.4 Å². The van der Waals surface area contributed by atoms with Gasteiger partial charge in [-0.25, -0.2) is 4.98 Å². The van der Waals surface area contributed by atoms with Crippen LogP contribution in [0.3, 0.4) is 0 Å². The van der Waals surface area contributed by atoms with Crippen molar-refractivity contribution in [3.63, 3.8) is 0 Å². The first kappa shape index (κ1) is 8.25. The number of primary amides is 1. The van der Waals surface area contributed by atoms with Gasteiger partial charge in [0.2, 0.25) is 5.91 Å². The third kappa shape index (κ3) is 1.14. The molecule has 6 nitrogen and oxygen atoms in total. The van der Waals surface area contributed by atoms with Crippen molar-refractivity contribution in [3.8, 4) is 0 Å². The molecule has 1 rings (SSSR count). The van der Waals surface area contributed by atoms with Crippen molar-refractivity contribution < 1.29 is 9.59 Å². The highest BCUT2D eigenvalue weighted by molar-refractivity contribution is 5.97. The fraction of sp³-hybridized carbons (Fsp3) is 0.167. The molecule has 12 heavy (non-hydrogen) atoms. The third-order valence-corrected chi connectivity index (χ3v) is 1.38. The van der Waals surface area contributed by atoms with Crippen molar-refractivity contribution in [1.82, 2.24) is 9.55 Å². The number of imidazole rings is 1. The molecule has 1 amide bonds. The first-order valence-corrected chi connectivity index (χ1v) is 3.17. The largest absolute Gasteiger partial charge is 0.383 e. The van der Waals surface area contributed by atoms with Crippen LogP contribution in [0.15, 0.2) is 6.33 Å². The highest BCUT2D eigenvalue weighted by atomic mass is 16.2. The highest BCUT2D eigenvalue weighted by Crippen LogP contribution is 2.07. The lowest BCUT2D eigenvalue weighted by atomic mass is 10.4. The monoisotopic (exact) mass is 168 g/mol. The molecule has 0 aromatic carbocycles. The van der Waals surface area contributed by atoms with E-state index < -0.39 is 5.91 Å². The quantitative estimate of drug-likeness (QED) is 0.574. The Kier molecular flexibility index (Phi) is 1.82. The van der Waals surface area contributed by atoms with E-state index in [2.05, 4.69) is 4.98 Å². The number of rotatable bonds is 1. The Morgan fingerprint density at radius 2 is 2.17 bits per heavy atom. The van der Waals surface area contributed by atoms with E-state index in [0.29, 0.717) is 0 Å². The first-order chi connectivity index (χ1) is 5.54. The van der Waals surface area contributed by atoms with E-state index in [4.69, 9.17) is 11.5 Å². The molecule has 6 heteroatoms. The van der Waals surface area contributed by atoms with Crippen LogP contribution in [0, 0.1) is 0 Å². The summed E-state index contributed by atoms with van der Waals surface area (Å²) in [6.45, 7) is 1.31. The van der Waals surface area contributed by atoms with E-state index in [0.717, 1.165) is 10.9 Å². The molecule has 0 aliphatic heterocycles. The van der Waals surface area contributed by atoms with Gasteiger partial charge in [-0.2, -0.15) is 0 Å². The molecule has 0 saturated carbocycles. The molecule has 4 N–H and O–H groups in total. The van der Waals surface area contributed by atoms with Gasteiger partial charge in [0.05, 0.1) is 0 Å². The second-order valence-corrected chi connectivity index (χ2v) is 2.23. The van der Waals surface area contributed by atoms with Gasteiger partial charge in [-0.15, -0.1) is 0 Å². The summed E-state index contributed by atoms with van der Waals surface area (Å²) in [7, 11) is 0. The summed E-state index contributed by atoms with van der Waals surface area (Å²) in [5.41, 5.74) is 10.2. The van der Waals surface area contributed by atoms with Crippen LogP contribution in [0.2, 0.25) is 0 Å². The van der Waals surface area contributed by atoms with Gasteiger partial charge in [-0.1, -0.05) is 0 Å². The molecule has 0 spiro atoms. The van der Waals surface area contributed by atoms with Crippen LogP contribution in [0.4, 0.5) is 5.82 Å². The Labute approximate surface area is 68.2 Å². The number of anilines is 1. The zero-order valence-corrected chi connectivity index (χ0v) is 6.44. The molecule has 1 aromatic heterocycles. The number of hydrogen-bond acceptors (Lipinski definition) is 4. The summed E-state index contributed by atoms with van der Waals surface area (Å²) < 4.78 is 1.06. The lowest BCUT2D eigenvalue weighted by molar-refractivity contribution is 0.0938. The molecule has 0 radical (unpaired) electrons. The second-order valence-electron chi connectivity index (χ2n) is 2.23. The summed E-state index contributed by atoms with van der Waals surface area (Å²) >= 11 is 0. The zero-order chi connectivity index (χ0) is 9.30. The van der Waals surface area contributed by atoms with Gasteiger partial charge in [-0.05, 0) is 0 Å². The Morgan fingerprint density at radius 1 is 1.58 bits per heavy atom. The van der Waals surface area contributed by atoms with Crippen molar-refractivity contribution in [1.29, 1.82) is 0 Å². The molecule has 64 valence electrons. The number of carbonyl (C=O) groups is 2. The fourth-order valence-corrected chi connectivity index (χ4v) is 0.799. The van der Waals surface area contributed by atoms with Crippen LogP contribution >= 0.6 is 0 Å². The van der Waals surface area contributed by atoms with Crippen molar-refractivity contribution >= 4 is 17.6 Å². The molecule has 1 heterocycles. The van der Waals surface area contributed by atoms with Crippen LogP contribution in [0.25, 0.3) is 0 Å². The molecular weight excluding hydrogens is 160 g/mol. The van der Waals surface area contributed by atoms with Crippen LogP contribution in [0.1, 0.15) is 22.2 Å². The van der Waals surface area contributed by atoms with Gasteiger partial charge in [0.15, 0.2) is 5.69 Å². The molecular formula is C6H8N4O2. The maximum Gasteiger partial charge on any atom is 0.271 e. The Bertz CT molecular complexity index is 310. The molecule has 0 fully saturated rings. The minimum atomic E-state index is -0.743. The Hall–Kier alpha value is -1.85. The van der Waals surface area contributed by atoms with Gasteiger partial charge >= 0.3 is 0 Å². The number of hydrogen-bond donors (Lipinski definition) is 2. The summed E-state index contributed by atoms with van der Waals surface area (Å²) in [4.78, 5) is 25.0. The lowest BCUT2D eigenvalue weighted by Crippen LogP contribution is -2.15. The van der Waals surface area contributed by atoms with E-state index >= 15 is 0 Å².